The number of aliphatic hydroxyl groups excluding tert-OH is 1. The van der Waals surface area contributed by atoms with Gasteiger partial charge in [-0.25, -0.2) is 0 Å². The van der Waals surface area contributed by atoms with Gasteiger partial charge in [0.2, 0.25) is 0 Å². The summed E-state index contributed by atoms with van der Waals surface area (Å²) in [6.07, 6.45) is 4.06. The molecule has 0 aliphatic heterocycles. The van der Waals surface area contributed by atoms with Crippen LogP contribution in [0.5, 0.6) is 0 Å². The molecule has 3 rings (SSSR count). The molecule has 2 N–H and O–H groups in total. The highest BCUT2D eigenvalue weighted by molar-refractivity contribution is 7.16. The SMILES string of the molecule is OC1CCC(CNC(c2cccs2)c2ccc(Cl)s2)CC1. The lowest BCUT2D eigenvalue weighted by molar-refractivity contribution is 0.108. The molecular formula is C16H20ClNOS2. The molecule has 1 fully saturated rings. The predicted molar refractivity (Wildman–Crippen MR) is 91.5 cm³/mol. The van der Waals surface area contributed by atoms with Gasteiger partial charge in [0.25, 0.3) is 0 Å². The minimum atomic E-state index is -0.0783. The van der Waals surface area contributed by atoms with Gasteiger partial charge in [0, 0.05) is 9.75 Å². The molecule has 21 heavy (non-hydrogen) atoms. The Hall–Kier alpha value is -0.390. The monoisotopic (exact) mass is 341 g/mol. The van der Waals surface area contributed by atoms with Crippen molar-refractivity contribution in [2.75, 3.05) is 6.54 Å². The first-order valence-corrected chi connectivity index (χ1v) is 9.50. The number of halogens is 1. The maximum absolute atomic E-state index is 9.60. The topological polar surface area (TPSA) is 32.3 Å². The van der Waals surface area contributed by atoms with Gasteiger partial charge < -0.3 is 10.4 Å². The molecule has 0 saturated heterocycles. The first-order chi connectivity index (χ1) is 10.2. The maximum Gasteiger partial charge on any atom is 0.0931 e. The molecule has 1 saturated carbocycles. The summed E-state index contributed by atoms with van der Waals surface area (Å²) in [5.41, 5.74) is 0. The van der Waals surface area contributed by atoms with Crippen LogP contribution >= 0.6 is 34.3 Å². The van der Waals surface area contributed by atoms with Gasteiger partial charge in [-0.2, -0.15) is 0 Å². The second-order valence-electron chi connectivity index (χ2n) is 5.67. The van der Waals surface area contributed by atoms with E-state index in [0.29, 0.717) is 5.92 Å². The highest BCUT2D eigenvalue weighted by Gasteiger charge is 2.22. The molecule has 1 atom stereocenters. The fourth-order valence-corrected chi connectivity index (χ4v) is 4.96. The lowest BCUT2D eigenvalue weighted by atomic mass is 9.87. The predicted octanol–water partition coefficient (Wildman–Crippen LogP) is 4.69. The van der Waals surface area contributed by atoms with E-state index < -0.39 is 0 Å². The van der Waals surface area contributed by atoms with Crippen LogP contribution in [0.4, 0.5) is 0 Å². The molecule has 5 heteroatoms. The average molecular weight is 342 g/mol. The normalized spacial score (nSPS) is 24.1. The highest BCUT2D eigenvalue weighted by atomic mass is 35.5. The van der Waals surface area contributed by atoms with Gasteiger partial charge in [0.15, 0.2) is 0 Å². The number of hydrogen-bond acceptors (Lipinski definition) is 4. The molecular weight excluding hydrogens is 322 g/mol. The summed E-state index contributed by atoms with van der Waals surface area (Å²) in [7, 11) is 0. The number of thiophene rings is 2. The van der Waals surface area contributed by atoms with Gasteiger partial charge >= 0.3 is 0 Å². The van der Waals surface area contributed by atoms with E-state index in [0.717, 1.165) is 36.6 Å². The summed E-state index contributed by atoms with van der Waals surface area (Å²) >= 11 is 9.53. The lowest BCUT2D eigenvalue weighted by Gasteiger charge is -2.27. The Labute approximate surface area is 138 Å². The molecule has 0 radical (unpaired) electrons. The third-order valence-electron chi connectivity index (χ3n) is 4.13. The second kappa shape index (κ2) is 7.25. The van der Waals surface area contributed by atoms with Gasteiger partial charge in [-0.15, -0.1) is 22.7 Å². The first-order valence-electron chi connectivity index (χ1n) is 7.42. The molecule has 0 amide bonds. The zero-order valence-electron chi connectivity index (χ0n) is 11.8. The van der Waals surface area contributed by atoms with Crippen molar-refractivity contribution in [3.63, 3.8) is 0 Å². The second-order valence-corrected chi connectivity index (χ2v) is 8.40. The maximum atomic E-state index is 9.60. The lowest BCUT2D eigenvalue weighted by Crippen LogP contribution is -2.30. The summed E-state index contributed by atoms with van der Waals surface area (Å²) < 4.78 is 0.842. The molecule has 0 bridgehead atoms. The largest absolute Gasteiger partial charge is 0.393 e. The molecule has 1 unspecified atom stereocenters. The number of aliphatic hydroxyl groups is 1. The van der Waals surface area contributed by atoms with Crippen LogP contribution in [0.2, 0.25) is 4.34 Å². The molecule has 0 aromatic carbocycles. The van der Waals surface area contributed by atoms with Gasteiger partial charge in [-0.1, -0.05) is 17.7 Å². The van der Waals surface area contributed by atoms with E-state index in [2.05, 4.69) is 28.9 Å². The van der Waals surface area contributed by atoms with Crippen molar-refractivity contribution in [2.24, 2.45) is 5.92 Å². The van der Waals surface area contributed by atoms with E-state index in [-0.39, 0.29) is 12.1 Å². The fraction of sp³-hybridized carbons (Fsp3) is 0.500. The van der Waals surface area contributed by atoms with Crippen molar-refractivity contribution in [2.45, 2.75) is 37.8 Å². The smallest absolute Gasteiger partial charge is 0.0931 e. The highest BCUT2D eigenvalue weighted by Crippen LogP contribution is 2.33. The van der Waals surface area contributed by atoms with E-state index in [1.807, 2.05) is 6.07 Å². The fourth-order valence-electron chi connectivity index (χ4n) is 2.91. The average Bonchev–Trinajstić information content (AvgIpc) is 3.13. The summed E-state index contributed by atoms with van der Waals surface area (Å²) in [4.78, 5) is 2.61. The van der Waals surface area contributed by atoms with E-state index in [1.165, 1.54) is 9.75 Å². The molecule has 0 spiro atoms. The minimum absolute atomic E-state index is 0.0783. The van der Waals surface area contributed by atoms with Crippen LogP contribution in [-0.4, -0.2) is 17.8 Å². The Morgan fingerprint density at radius 3 is 2.62 bits per heavy atom. The third-order valence-corrected chi connectivity index (χ3v) is 6.37. The van der Waals surface area contributed by atoms with Gasteiger partial charge in [-0.05, 0) is 61.7 Å². The third kappa shape index (κ3) is 4.08. The van der Waals surface area contributed by atoms with E-state index >= 15 is 0 Å². The molecule has 1 aliphatic carbocycles. The van der Waals surface area contributed by atoms with Crippen LogP contribution in [0, 0.1) is 5.92 Å². The van der Waals surface area contributed by atoms with Crippen molar-refractivity contribution in [3.8, 4) is 0 Å². The van der Waals surface area contributed by atoms with Crippen molar-refractivity contribution in [1.29, 1.82) is 0 Å². The Bertz CT molecular complexity index is 546. The van der Waals surface area contributed by atoms with Crippen LogP contribution in [-0.2, 0) is 0 Å². The Kier molecular flexibility index (Phi) is 5.35. The Balaban J connectivity index is 1.66. The van der Waals surface area contributed by atoms with Crippen LogP contribution in [0.1, 0.15) is 41.5 Å². The molecule has 2 aromatic heterocycles. The molecule has 2 aromatic rings. The van der Waals surface area contributed by atoms with Crippen molar-refractivity contribution < 1.29 is 5.11 Å². The summed E-state index contributed by atoms with van der Waals surface area (Å²) in [5, 5.41) is 15.4. The van der Waals surface area contributed by atoms with Crippen LogP contribution < -0.4 is 5.32 Å². The van der Waals surface area contributed by atoms with Gasteiger partial charge in [0.1, 0.15) is 0 Å². The Morgan fingerprint density at radius 1 is 1.19 bits per heavy atom. The summed E-state index contributed by atoms with van der Waals surface area (Å²) in [5.74, 6) is 0.672. The van der Waals surface area contributed by atoms with Crippen LogP contribution in [0.15, 0.2) is 29.6 Å². The molecule has 1 aliphatic rings. The van der Waals surface area contributed by atoms with E-state index in [1.54, 1.807) is 22.7 Å². The summed E-state index contributed by atoms with van der Waals surface area (Å²) in [6, 6.07) is 8.62. The first kappa shape index (κ1) is 15.5. The summed E-state index contributed by atoms with van der Waals surface area (Å²) in [6.45, 7) is 1.00. The number of rotatable bonds is 5. The zero-order valence-corrected chi connectivity index (χ0v) is 14.2. The van der Waals surface area contributed by atoms with Crippen molar-refractivity contribution in [3.05, 3.63) is 43.7 Å². The van der Waals surface area contributed by atoms with E-state index in [9.17, 15) is 5.11 Å². The minimum Gasteiger partial charge on any atom is -0.393 e. The number of nitrogens with one attached hydrogen (secondary N) is 1. The van der Waals surface area contributed by atoms with E-state index in [4.69, 9.17) is 11.6 Å². The van der Waals surface area contributed by atoms with Crippen LogP contribution in [0.25, 0.3) is 0 Å². The quantitative estimate of drug-likeness (QED) is 0.826. The number of hydrogen-bond donors (Lipinski definition) is 2. The molecule has 2 heterocycles. The molecule has 2 nitrogen and oxygen atoms in total. The van der Waals surface area contributed by atoms with Crippen molar-refractivity contribution in [1.82, 2.24) is 5.32 Å². The van der Waals surface area contributed by atoms with Gasteiger partial charge in [-0.3, -0.25) is 0 Å². The van der Waals surface area contributed by atoms with Crippen LogP contribution in [0.3, 0.4) is 0 Å². The van der Waals surface area contributed by atoms with Gasteiger partial charge in [0.05, 0.1) is 16.5 Å². The Morgan fingerprint density at radius 2 is 2.00 bits per heavy atom. The van der Waals surface area contributed by atoms with Crippen molar-refractivity contribution >= 4 is 34.3 Å². The zero-order chi connectivity index (χ0) is 14.7. The standard InChI is InChI=1S/C16H20ClNOS2/c17-15-8-7-14(21-15)16(13-2-1-9-20-13)18-10-11-3-5-12(19)6-4-11/h1-2,7-9,11-12,16,18-19H,3-6,10H2. The molecule has 114 valence electrons.